The molecule has 3 aliphatic carbocycles. The number of amides is 3. The van der Waals surface area contributed by atoms with Gasteiger partial charge in [-0.15, -0.1) is 17.9 Å². The molecule has 0 radical (unpaired) electrons. The molecule has 286 valence electrons. The van der Waals surface area contributed by atoms with Crippen LogP contribution in [-0.2, 0) is 30.8 Å². The van der Waals surface area contributed by atoms with Gasteiger partial charge in [-0.1, -0.05) is 37.5 Å². The Labute approximate surface area is 319 Å². The van der Waals surface area contributed by atoms with E-state index in [9.17, 15) is 22.8 Å². The number of benzene rings is 1. The molecule has 2 aliphatic heterocycles. The fourth-order valence-corrected chi connectivity index (χ4v) is 10.4. The molecule has 4 fully saturated rings. The SMILES string of the molecule is C=C[C@@H]1C[C@]1(NC(=O)[C@@H]1C[C@@H]2CN1C(=O)[C@H](C1CCCCC1)Nc1nc(cs1)CC/C=C/c1cc3c(nccc3cc1OC)O2)C(=O)NS(=O)(=O)C1CC1. The predicted octanol–water partition coefficient (Wildman–Crippen LogP) is 4.74. The fourth-order valence-electron chi connectivity index (χ4n) is 8.23. The van der Waals surface area contributed by atoms with Crippen molar-refractivity contribution in [2.24, 2.45) is 11.8 Å². The number of anilines is 1. The number of thiazole rings is 1. The predicted molar refractivity (Wildman–Crippen MR) is 206 cm³/mol. The number of rotatable bonds is 8. The van der Waals surface area contributed by atoms with E-state index in [4.69, 9.17) is 14.5 Å². The molecule has 0 spiro atoms. The van der Waals surface area contributed by atoms with Gasteiger partial charge in [0.05, 0.1) is 24.6 Å². The topological polar surface area (TPSA) is 169 Å². The van der Waals surface area contributed by atoms with Crippen molar-refractivity contribution in [3.05, 3.63) is 59.8 Å². The summed E-state index contributed by atoms with van der Waals surface area (Å²) in [6.45, 7) is 3.93. The zero-order valence-electron chi connectivity index (χ0n) is 30.3. The Bertz CT molecular complexity index is 2110. The van der Waals surface area contributed by atoms with Crippen LogP contribution in [0.25, 0.3) is 16.8 Å². The van der Waals surface area contributed by atoms with Crippen molar-refractivity contribution in [1.29, 1.82) is 0 Å². The fraction of sp³-hybridized carbons (Fsp3) is 0.513. The lowest BCUT2D eigenvalue weighted by Crippen LogP contribution is -2.58. The summed E-state index contributed by atoms with van der Waals surface area (Å²) in [6, 6.07) is 4.15. The summed E-state index contributed by atoms with van der Waals surface area (Å²) in [6.07, 6.45) is 14.3. The van der Waals surface area contributed by atoms with Gasteiger partial charge >= 0.3 is 0 Å². The van der Waals surface area contributed by atoms with Crippen LogP contribution in [0.4, 0.5) is 5.13 Å². The van der Waals surface area contributed by atoms with Gasteiger partial charge in [0.1, 0.15) is 29.5 Å². The number of hydrogen-bond acceptors (Lipinski definition) is 11. The summed E-state index contributed by atoms with van der Waals surface area (Å²) in [5.41, 5.74) is 0.286. The van der Waals surface area contributed by atoms with E-state index in [-0.39, 0.29) is 31.2 Å². The van der Waals surface area contributed by atoms with Gasteiger partial charge in [-0.2, -0.15) is 0 Å². The lowest BCUT2D eigenvalue weighted by atomic mass is 9.83. The van der Waals surface area contributed by atoms with Crippen LogP contribution >= 0.6 is 11.3 Å². The van der Waals surface area contributed by atoms with Crippen molar-refractivity contribution in [2.75, 3.05) is 19.0 Å². The summed E-state index contributed by atoms with van der Waals surface area (Å²) < 4.78 is 40.1. The standard InChI is InChI=1S/C39H46N6O7S2/c1-3-26-20-39(26,37(48)44-54(49,50)29-13-14-29)43-34(46)31-19-28-21-45(31)36(47)33(23-9-5-4-6-10-23)42-38-41-27(22-53-38)12-8-7-11-25-17-30-24(18-32(25)51-2)15-16-40-35(30)52-28/h3,7,11,15-18,22-23,26,28-29,31,33H,1,4-6,8-10,12-14,19-21H2,2H3,(H,41,42)(H,43,46)(H,44,48)/b11-7+/t26-,28-,31+,33+,39-/m1/s1. The van der Waals surface area contributed by atoms with Gasteiger partial charge in [-0.25, -0.2) is 18.4 Å². The second kappa shape index (κ2) is 14.6. The Morgan fingerprint density at radius 3 is 2.74 bits per heavy atom. The number of hydrogen-bond donors (Lipinski definition) is 3. The molecule has 13 nitrogen and oxygen atoms in total. The van der Waals surface area contributed by atoms with E-state index in [1.165, 1.54) is 11.3 Å². The van der Waals surface area contributed by atoms with E-state index < -0.39 is 56.7 Å². The Morgan fingerprint density at radius 1 is 1.19 bits per heavy atom. The van der Waals surface area contributed by atoms with Gasteiger partial charge in [0, 0.05) is 34.9 Å². The van der Waals surface area contributed by atoms with Crippen LogP contribution in [0, 0.1) is 11.8 Å². The minimum absolute atomic E-state index is 0.0299. The second-order valence-electron chi connectivity index (χ2n) is 15.2. The zero-order valence-corrected chi connectivity index (χ0v) is 31.9. The van der Waals surface area contributed by atoms with Crippen LogP contribution in [0.1, 0.15) is 75.5 Å². The summed E-state index contributed by atoms with van der Waals surface area (Å²) in [5, 5.41) is 10.1. The molecule has 6 bridgehead atoms. The van der Waals surface area contributed by atoms with Gasteiger partial charge in [0.25, 0.3) is 5.91 Å². The van der Waals surface area contributed by atoms with Crippen molar-refractivity contribution < 1.29 is 32.3 Å². The maximum absolute atomic E-state index is 14.9. The molecule has 3 amide bonds. The number of allylic oxidation sites excluding steroid dienone is 1. The van der Waals surface area contributed by atoms with Crippen LogP contribution in [0.15, 0.2) is 48.5 Å². The molecule has 15 heteroatoms. The molecule has 54 heavy (non-hydrogen) atoms. The number of nitrogens with zero attached hydrogens (tertiary/aromatic N) is 3. The Morgan fingerprint density at radius 2 is 2.00 bits per heavy atom. The highest BCUT2D eigenvalue weighted by atomic mass is 32.2. The highest BCUT2D eigenvalue weighted by Gasteiger charge is 2.62. The third-order valence-electron chi connectivity index (χ3n) is 11.5. The number of aryl methyl sites for hydroxylation is 1. The van der Waals surface area contributed by atoms with Crippen molar-refractivity contribution in [3.63, 3.8) is 0 Å². The first-order valence-corrected chi connectivity index (χ1v) is 21.3. The normalized spacial score (nSPS) is 27.9. The minimum Gasteiger partial charge on any atom is -0.496 e. The molecular weight excluding hydrogens is 729 g/mol. The van der Waals surface area contributed by atoms with Gasteiger partial charge < -0.3 is 25.0 Å². The third kappa shape index (κ3) is 7.19. The molecule has 5 atom stereocenters. The van der Waals surface area contributed by atoms with Crippen molar-refractivity contribution in [2.45, 2.75) is 99.6 Å². The van der Waals surface area contributed by atoms with E-state index in [1.807, 2.05) is 29.7 Å². The molecule has 1 saturated heterocycles. The summed E-state index contributed by atoms with van der Waals surface area (Å²) in [4.78, 5) is 54.0. The summed E-state index contributed by atoms with van der Waals surface area (Å²) >= 11 is 1.46. The largest absolute Gasteiger partial charge is 0.496 e. The zero-order chi connectivity index (χ0) is 37.6. The molecule has 3 N–H and O–H groups in total. The first kappa shape index (κ1) is 36.5. The average Bonchev–Trinajstić information content (AvgIpc) is 4.06. The number of carbonyl (C=O) groups excluding carboxylic acids is 3. The number of aromatic nitrogens is 2. The Balaban J connectivity index is 1.15. The number of nitrogens with one attached hydrogen (secondary N) is 3. The van der Waals surface area contributed by atoms with Gasteiger partial charge in [-0.3, -0.25) is 19.1 Å². The first-order valence-electron chi connectivity index (χ1n) is 18.9. The molecular formula is C39H46N6O7S2. The molecule has 0 unspecified atom stereocenters. The Hall–Kier alpha value is -4.50. The summed E-state index contributed by atoms with van der Waals surface area (Å²) in [5.74, 6) is -0.933. The molecule has 4 heterocycles. The monoisotopic (exact) mass is 774 g/mol. The number of ether oxygens (including phenoxy) is 2. The number of sulfonamides is 1. The first-order chi connectivity index (χ1) is 26.1. The summed E-state index contributed by atoms with van der Waals surface area (Å²) in [7, 11) is -2.23. The van der Waals surface area contributed by atoms with E-state index in [0.717, 1.165) is 60.6 Å². The lowest BCUT2D eigenvalue weighted by Gasteiger charge is -2.34. The van der Waals surface area contributed by atoms with Crippen LogP contribution in [-0.4, -0.2) is 83.6 Å². The van der Waals surface area contributed by atoms with Crippen LogP contribution in [0.3, 0.4) is 0 Å². The molecule has 3 saturated carbocycles. The smallest absolute Gasteiger partial charge is 0.259 e. The van der Waals surface area contributed by atoms with Crippen molar-refractivity contribution in [1.82, 2.24) is 24.9 Å². The van der Waals surface area contributed by atoms with E-state index in [2.05, 4.69) is 33.0 Å². The van der Waals surface area contributed by atoms with Crippen LogP contribution in [0.2, 0.25) is 0 Å². The average molecular weight is 775 g/mol. The minimum atomic E-state index is -3.86. The number of fused-ring (bicyclic) bond motifs is 5. The quantitative estimate of drug-likeness (QED) is 0.272. The number of pyridine rings is 1. The third-order valence-corrected chi connectivity index (χ3v) is 14.2. The maximum atomic E-state index is 14.9. The van der Waals surface area contributed by atoms with E-state index in [1.54, 1.807) is 24.3 Å². The molecule has 8 rings (SSSR count). The van der Waals surface area contributed by atoms with Crippen LogP contribution < -0.4 is 24.8 Å². The molecule has 5 aliphatic rings. The maximum Gasteiger partial charge on any atom is 0.259 e. The van der Waals surface area contributed by atoms with Gasteiger partial charge in [0.2, 0.25) is 27.7 Å². The van der Waals surface area contributed by atoms with E-state index in [0.29, 0.717) is 36.0 Å². The molecule has 2 aromatic heterocycles. The molecule has 1 aromatic carbocycles. The van der Waals surface area contributed by atoms with Gasteiger partial charge in [-0.05, 0) is 74.4 Å². The lowest BCUT2D eigenvalue weighted by molar-refractivity contribution is -0.141. The highest BCUT2D eigenvalue weighted by Crippen LogP contribution is 2.46. The van der Waals surface area contributed by atoms with Crippen LogP contribution in [0.5, 0.6) is 11.6 Å². The Kier molecular flexibility index (Phi) is 9.88. The van der Waals surface area contributed by atoms with Crippen molar-refractivity contribution >= 4 is 61.1 Å². The highest BCUT2D eigenvalue weighted by molar-refractivity contribution is 7.91. The second-order valence-corrected chi connectivity index (χ2v) is 18.0. The molecule has 3 aromatic rings. The number of methoxy groups -OCH3 is 1. The number of carbonyl (C=O) groups is 3. The van der Waals surface area contributed by atoms with Gasteiger partial charge in [0.15, 0.2) is 5.13 Å². The van der Waals surface area contributed by atoms with Crippen molar-refractivity contribution in [3.8, 4) is 11.6 Å². The van der Waals surface area contributed by atoms with E-state index >= 15 is 0 Å².